The van der Waals surface area contributed by atoms with Crippen molar-refractivity contribution in [1.82, 2.24) is 10.3 Å². The number of oxime groups is 1. The van der Waals surface area contributed by atoms with Crippen molar-refractivity contribution >= 4 is 23.2 Å². The number of rotatable bonds is 9. The lowest BCUT2D eigenvalue weighted by atomic mass is 9.88. The van der Waals surface area contributed by atoms with Crippen molar-refractivity contribution in [1.29, 1.82) is 0 Å². The number of hydrogen-bond acceptors (Lipinski definition) is 7. The lowest BCUT2D eigenvalue weighted by Crippen LogP contribution is -2.31. The second-order valence-electron chi connectivity index (χ2n) is 7.04. The fourth-order valence-corrected chi connectivity index (χ4v) is 3.49. The van der Waals surface area contributed by atoms with Gasteiger partial charge in [-0.1, -0.05) is 71.4 Å². The van der Waals surface area contributed by atoms with E-state index in [4.69, 9.17) is 21.2 Å². The highest BCUT2D eigenvalue weighted by Crippen LogP contribution is 2.33. The van der Waals surface area contributed by atoms with Crippen LogP contribution in [0, 0.1) is 0 Å². The summed E-state index contributed by atoms with van der Waals surface area (Å²) in [7, 11) is 2.86. The van der Waals surface area contributed by atoms with E-state index in [9.17, 15) is 15.0 Å². The fourth-order valence-electron chi connectivity index (χ4n) is 3.27. The number of halogens is 1. The summed E-state index contributed by atoms with van der Waals surface area (Å²) in [4.78, 5) is 21.3. The number of ether oxygens (including phenoxy) is 1. The van der Waals surface area contributed by atoms with Crippen molar-refractivity contribution in [3.8, 4) is 5.88 Å². The Balaban J connectivity index is 1.86. The van der Waals surface area contributed by atoms with E-state index < -0.39 is 18.1 Å². The molecule has 0 saturated heterocycles. The average molecular weight is 470 g/mol. The number of carbonyl (C=O) groups excluding carboxylic acids is 1. The maximum atomic E-state index is 12.2. The normalized spacial score (nSPS) is 13.2. The highest BCUT2D eigenvalue weighted by atomic mass is 35.5. The molecule has 0 saturated carbocycles. The van der Waals surface area contributed by atoms with E-state index in [2.05, 4.69) is 15.5 Å². The highest BCUT2D eigenvalue weighted by molar-refractivity contribution is 6.45. The third-order valence-corrected chi connectivity index (χ3v) is 5.30. The van der Waals surface area contributed by atoms with Gasteiger partial charge in [-0.15, -0.1) is 0 Å². The highest BCUT2D eigenvalue weighted by Gasteiger charge is 2.32. The SMILES string of the molecule is CNC(=O)/C(=N/OC)c1ccccc1COc1ncc(C(O)(CO)c2ccccc2)cc1Cl. The minimum atomic E-state index is -1.66. The van der Waals surface area contributed by atoms with Gasteiger partial charge in [0.1, 0.15) is 24.3 Å². The Morgan fingerprint density at radius 3 is 2.48 bits per heavy atom. The first-order chi connectivity index (χ1) is 15.9. The Labute approximate surface area is 196 Å². The number of likely N-dealkylation sites (N-methyl/N-ethyl adjacent to an activating group) is 1. The van der Waals surface area contributed by atoms with Gasteiger partial charge in [0.15, 0.2) is 5.71 Å². The Morgan fingerprint density at radius 1 is 1.15 bits per heavy atom. The van der Waals surface area contributed by atoms with Gasteiger partial charge in [-0.25, -0.2) is 4.98 Å². The van der Waals surface area contributed by atoms with Crippen LogP contribution in [0.2, 0.25) is 5.02 Å². The maximum absolute atomic E-state index is 12.2. The molecule has 3 rings (SSSR count). The van der Waals surface area contributed by atoms with Crippen LogP contribution in [-0.2, 0) is 21.8 Å². The van der Waals surface area contributed by atoms with Gasteiger partial charge in [-0.3, -0.25) is 4.79 Å². The van der Waals surface area contributed by atoms with E-state index in [1.165, 1.54) is 26.4 Å². The number of carbonyl (C=O) groups is 1. The van der Waals surface area contributed by atoms with Crippen LogP contribution in [0.3, 0.4) is 0 Å². The number of aromatic nitrogens is 1. The monoisotopic (exact) mass is 469 g/mol. The molecule has 1 heterocycles. The number of aliphatic hydroxyl groups is 2. The topological polar surface area (TPSA) is 113 Å². The van der Waals surface area contributed by atoms with Gasteiger partial charge in [0.25, 0.3) is 5.91 Å². The van der Waals surface area contributed by atoms with E-state index in [1.54, 1.807) is 48.5 Å². The van der Waals surface area contributed by atoms with Crippen LogP contribution in [-0.4, -0.2) is 47.6 Å². The third kappa shape index (κ3) is 5.31. The summed E-state index contributed by atoms with van der Waals surface area (Å²) in [6.07, 6.45) is 1.40. The number of nitrogens with zero attached hydrogens (tertiary/aromatic N) is 2. The molecule has 1 amide bonds. The number of hydrogen-bond donors (Lipinski definition) is 3. The molecule has 0 aliphatic rings. The average Bonchev–Trinajstić information content (AvgIpc) is 2.86. The molecule has 33 heavy (non-hydrogen) atoms. The molecule has 0 aliphatic heterocycles. The Bertz CT molecular complexity index is 1140. The predicted molar refractivity (Wildman–Crippen MR) is 124 cm³/mol. The second kappa shape index (κ2) is 10.9. The first-order valence-corrected chi connectivity index (χ1v) is 10.4. The first-order valence-electron chi connectivity index (χ1n) is 10.0. The van der Waals surface area contributed by atoms with E-state index in [0.717, 1.165) is 0 Å². The van der Waals surface area contributed by atoms with E-state index in [1.807, 2.05) is 6.07 Å². The Morgan fingerprint density at radius 2 is 1.85 bits per heavy atom. The van der Waals surface area contributed by atoms with Crippen molar-refractivity contribution in [3.05, 3.63) is 94.1 Å². The van der Waals surface area contributed by atoms with Gasteiger partial charge in [0, 0.05) is 24.4 Å². The molecule has 1 unspecified atom stereocenters. The summed E-state index contributed by atoms with van der Waals surface area (Å²) in [5.74, 6) is -0.275. The summed E-state index contributed by atoms with van der Waals surface area (Å²) in [5, 5.41) is 27.5. The summed E-state index contributed by atoms with van der Waals surface area (Å²) in [5.41, 5.74) is 0.460. The number of aliphatic hydroxyl groups excluding tert-OH is 1. The smallest absolute Gasteiger partial charge is 0.273 e. The van der Waals surface area contributed by atoms with Crippen LogP contribution >= 0.6 is 11.6 Å². The number of amides is 1. The van der Waals surface area contributed by atoms with Gasteiger partial charge in [-0.2, -0.15) is 0 Å². The fraction of sp³-hybridized carbons (Fsp3) is 0.208. The number of nitrogens with one attached hydrogen (secondary N) is 1. The minimum Gasteiger partial charge on any atom is -0.472 e. The summed E-state index contributed by atoms with van der Waals surface area (Å²) in [6, 6.07) is 17.3. The van der Waals surface area contributed by atoms with Crippen molar-refractivity contribution in [2.24, 2.45) is 5.16 Å². The Hall–Kier alpha value is -3.46. The molecule has 8 nitrogen and oxygen atoms in total. The van der Waals surface area contributed by atoms with Gasteiger partial charge < -0.3 is 25.1 Å². The van der Waals surface area contributed by atoms with Crippen LogP contribution in [0.1, 0.15) is 22.3 Å². The minimum absolute atomic E-state index is 0.0465. The zero-order chi connectivity index (χ0) is 23.8. The van der Waals surface area contributed by atoms with Crippen molar-refractivity contribution in [3.63, 3.8) is 0 Å². The molecule has 0 aliphatic carbocycles. The largest absolute Gasteiger partial charge is 0.472 e. The van der Waals surface area contributed by atoms with Gasteiger partial charge in [0.2, 0.25) is 5.88 Å². The molecule has 3 N–H and O–H groups in total. The van der Waals surface area contributed by atoms with Crippen LogP contribution in [0.25, 0.3) is 0 Å². The third-order valence-electron chi connectivity index (χ3n) is 5.03. The quantitative estimate of drug-likeness (QED) is 0.328. The molecule has 172 valence electrons. The van der Waals surface area contributed by atoms with Gasteiger partial charge >= 0.3 is 0 Å². The van der Waals surface area contributed by atoms with Crippen molar-refractivity contribution in [2.45, 2.75) is 12.2 Å². The maximum Gasteiger partial charge on any atom is 0.273 e. The summed E-state index contributed by atoms with van der Waals surface area (Å²) >= 11 is 6.38. The number of benzene rings is 2. The van der Waals surface area contributed by atoms with Gasteiger partial charge in [-0.05, 0) is 17.2 Å². The molecule has 0 bridgehead atoms. The lowest BCUT2D eigenvalue weighted by Gasteiger charge is -2.27. The molecule has 3 aromatic rings. The molecule has 0 spiro atoms. The number of pyridine rings is 1. The van der Waals surface area contributed by atoms with Gasteiger partial charge in [0.05, 0.1) is 6.61 Å². The predicted octanol–water partition coefficient (Wildman–Crippen LogP) is 2.64. The Kier molecular flexibility index (Phi) is 8.00. The standard InChI is InChI=1S/C24H24ClN3O5/c1-26-22(30)21(28-32-2)19-11-7-6-8-16(19)14-33-23-20(25)12-18(13-27-23)24(31,15-29)17-9-4-3-5-10-17/h3-13,29,31H,14-15H2,1-2H3,(H,26,30)/b28-21+. The summed E-state index contributed by atoms with van der Waals surface area (Å²) < 4.78 is 5.80. The zero-order valence-corrected chi connectivity index (χ0v) is 18.9. The van der Waals surface area contributed by atoms with Crippen LogP contribution in [0.5, 0.6) is 5.88 Å². The molecule has 1 atom stereocenters. The van der Waals surface area contributed by atoms with Crippen LogP contribution in [0.4, 0.5) is 0 Å². The first kappa shape index (κ1) is 24.2. The molecule has 0 radical (unpaired) electrons. The second-order valence-corrected chi connectivity index (χ2v) is 7.45. The van der Waals surface area contributed by atoms with Crippen LogP contribution < -0.4 is 10.1 Å². The van der Waals surface area contributed by atoms with Crippen molar-refractivity contribution in [2.75, 3.05) is 20.8 Å². The van der Waals surface area contributed by atoms with E-state index in [0.29, 0.717) is 22.3 Å². The summed E-state index contributed by atoms with van der Waals surface area (Å²) in [6.45, 7) is -0.505. The molecular formula is C24H24ClN3O5. The zero-order valence-electron chi connectivity index (χ0n) is 18.2. The van der Waals surface area contributed by atoms with E-state index in [-0.39, 0.29) is 23.2 Å². The molecule has 9 heteroatoms. The molecule has 0 fully saturated rings. The van der Waals surface area contributed by atoms with E-state index >= 15 is 0 Å². The lowest BCUT2D eigenvalue weighted by molar-refractivity contribution is -0.114. The molecule has 2 aromatic carbocycles. The van der Waals surface area contributed by atoms with Crippen molar-refractivity contribution < 1.29 is 24.6 Å². The molecule has 1 aromatic heterocycles. The molecular weight excluding hydrogens is 446 g/mol. The van der Waals surface area contributed by atoms with Crippen LogP contribution in [0.15, 0.2) is 72.0 Å².